The Morgan fingerprint density at radius 1 is 1.50 bits per heavy atom. The maximum absolute atomic E-state index is 10.7. The third kappa shape index (κ3) is 1.58. The van der Waals surface area contributed by atoms with E-state index in [0.717, 1.165) is 6.42 Å². The van der Waals surface area contributed by atoms with Crippen molar-refractivity contribution in [1.29, 1.82) is 0 Å². The molecule has 1 saturated heterocycles. The van der Waals surface area contributed by atoms with Crippen molar-refractivity contribution in [2.75, 3.05) is 6.54 Å². The zero-order valence-electron chi connectivity index (χ0n) is 8.10. The Labute approximate surface area is 83.0 Å². The monoisotopic (exact) mass is 191 g/mol. The van der Waals surface area contributed by atoms with Gasteiger partial charge in [0.15, 0.2) is 0 Å². The lowest BCUT2D eigenvalue weighted by molar-refractivity contribution is 0.171. The fraction of sp³-hybridized carbons (Fsp3) is 0.364. The molecule has 1 aromatic rings. The Balaban J connectivity index is 2.04. The summed E-state index contributed by atoms with van der Waals surface area (Å²) in [5.41, 5.74) is 1.02. The van der Waals surface area contributed by atoms with E-state index in [0.29, 0.717) is 6.54 Å². The molecule has 1 N–H and O–H groups in total. The van der Waals surface area contributed by atoms with E-state index in [1.165, 1.54) is 10.5 Å². The van der Waals surface area contributed by atoms with Crippen LogP contribution in [-0.2, 0) is 6.42 Å². The molecule has 1 heterocycles. The van der Waals surface area contributed by atoms with Crippen LogP contribution in [0.2, 0.25) is 0 Å². The molecule has 0 saturated carbocycles. The summed E-state index contributed by atoms with van der Waals surface area (Å²) in [5, 5.41) is 8.79. The Bertz CT molecular complexity index is 350. The summed E-state index contributed by atoms with van der Waals surface area (Å²) >= 11 is 0. The first-order valence-electron chi connectivity index (χ1n) is 4.66. The molecule has 14 heavy (non-hydrogen) atoms. The molecule has 0 aromatic heterocycles. The van der Waals surface area contributed by atoms with E-state index in [4.69, 9.17) is 5.11 Å². The van der Waals surface area contributed by atoms with E-state index in [1.54, 1.807) is 0 Å². The summed E-state index contributed by atoms with van der Waals surface area (Å²) in [4.78, 5) is 12.2. The molecule has 0 radical (unpaired) electrons. The smallest absolute Gasteiger partial charge is 0.407 e. The van der Waals surface area contributed by atoms with E-state index >= 15 is 0 Å². The standard InChI is InChI=1S/C11H13NO2/c1-11(8-12(11)10(13)14)7-9-5-3-2-4-6-9/h2-6H,7-8H2,1H3,(H,13,14). The van der Waals surface area contributed by atoms with Gasteiger partial charge in [0, 0.05) is 6.54 Å². The summed E-state index contributed by atoms with van der Waals surface area (Å²) in [5.74, 6) is 0. The summed E-state index contributed by atoms with van der Waals surface area (Å²) < 4.78 is 0. The number of carboxylic acid groups (broad SMARTS) is 1. The SMILES string of the molecule is CC1(Cc2ccccc2)CN1C(=O)O. The van der Waals surface area contributed by atoms with Crippen molar-refractivity contribution in [2.45, 2.75) is 18.9 Å². The van der Waals surface area contributed by atoms with Crippen molar-refractivity contribution >= 4 is 6.09 Å². The molecular formula is C11H13NO2. The summed E-state index contributed by atoms with van der Waals surface area (Å²) in [6.07, 6.45) is -0.0106. The van der Waals surface area contributed by atoms with Crippen LogP contribution in [0.1, 0.15) is 12.5 Å². The van der Waals surface area contributed by atoms with Crippen molar-refractivity contribution in [3.8, 4) is 0 Å². The molecule has 2 rings (SSSR count). The molecule has 1 fully saturated rings. The van der Waals surface area contributed by atoms with Gasteiger partial charge in [-0.1, -0.05) is 30.3 Å². The molecule has 1 atom stereocenters. The van der Waals surface area contributed by atoms with E-state index < -0.39 is 6.09 Å². The highest BCUT2D eigenvalue weighted by Gasteiger charge is 2.50. The van der Waals surface area contributed by atoms with Gasteiger partial charge in [0.05, 0.1) is 5.54 Å². The van der Waals surface area contributed by atoms with Gasteiger partial charge >= 0.3 is 6.09 Å². The minimum absolute atomic E-state index is 0.173. The van der Waals surface area contributed by atoms with Crippen LogP contribution in [0.4, 0.5) is 4.79 Å². The zero-order chi connectivity index (χ0) is 10.2. The third-order valence-corrected chi connectivity index (χ3v) is 2.71. The first-order valence-corrected chi connectivity index (χ1v) is 4.66. The number of benzene rings is 1. The number of nitrogens with zero attached hydrogens (tertiary/aromatic N) is 1. The van der Waals surface area contributed by atoms with Crippen LogP contribution in [0.15, 0.2) is 30.3 Å². The zero-order valence-corrected chi connectivity index (χ0v) is 8.10. The number of amides is 1. The number of rotatable bonds is 2. The molecule has 1 amide bonds. The Kier molecular flexibility index (Phi) is 1.95. The van der Waals surface area contributed by atoms with Crippen LogP contribution in [-0.4, -0.2) is 28.2 Å². The molecule has 0 aliphatic carbocycles. The van der Waals surface area contributed by atoms with Gasteiger partial charge in [0.2, 0.25) is 0 Å². The quantitative estimate of drug-likeness (QED) is 0.726. The van der Waals surface area contributed by atoms with E-state index in [2.05, 4.69) is 0 Å². The highest BCUT2D eigenvalue weighted by atomic mass is 16.4. The summed E-state index contributed by atoms with van der Waals surface area (Å²) in [6.45, 7) is 2.63. The lowest BCUT2D eigenvalue weighted by Gasteiger charge is -2.09. The second kappa shape index (κ2) is 3.01. The predicted octanol–water partition coefficient (Wildman–Crippen LogP) is 1.98. The fourth-order valence-corrected chi connectivity index (χ4v) is 1.79. The van der Waals surface area contributed by atoms with Crippen LogP contribution in [0.5, 0.6) is 0 Å². The largest absolute Gasteiger partial charge is 0.465 e. The molecule has 1 aliphatic heterocycles. The van der Waals surface area contributed by atoms with Crippen LogP contribution in [0.3, 0.4) is 0 Å². The highest BCUT2D eigenvalue weighted by molar-refractivity contribution is 5.70. The fourth-order valence-electron chi connectivity index (χ4n) is 1.79. The van der Waals surface area contributed by atoms with Crippen molar-refractivity contribution in [3.05, 3.63) is 35.9 Å². The Morgan fingerprint density at radius 2 is 2.14 bits per heavy atom. The number of carbonyl (C=O) groups is 1. The van der Waals surface area contributed by atoms with Gasteiger partial charge in [-0.25, -0.2) is 4.79 Å². The molecule has 3 heteroatoms. The van der Waals surface area contributed by atoms with Crippen LogP contribution < -0.4 is 0 Å². The van der Waals surface area contributed by atoms with Crippen LogP contribution in [0, 0.1) is 0 Å². The van der Waals surface area contributed by atoms with Gasteiger partial charge in [-0.15, -0.1) is 0 Å². The van der Waals surface area contributed by atoms with Crippen molar-refractivity contribution in [3.63, 3.8) is 0 Å². The molecule has 1 aromatic carbocycles. The highest BCUT2D eigenvalue weighted by Crippen LogP contribution is 2.34. The first kappa shape index (κ1) is 9.06. The van der Waals surface area contributed by atoms with Crippen molar-refractivity contribution < 1.29 is 9.90 Å². The number of hydrogen-bond donors (Lipinski definition) is 1. The maximum atomic E-state index is 10.7. The van der Waals surface area contributed by atoms with Gasteiger partial charge in [0.1, 0.15) is 0 Å². The van der Waals surface area contributed by atoms with Gasteiger partial charge in [0.25, 0.3) is 0 Å². The minimum atomic E-state index is -0.816. The van der Waals surface area contributed by atoms with Gasteiger partial charge in [-0.3, -0.25) is 4.90 Å². The lowest BCUT2D eigenvalue weighted by atomic mass is 10.0. The van der Waals surface area contributed by atoms with E-state index in [9.17, 15) is 4.79 Å². The predicted molar refractivity (Wildman–Crippen MR) is 53.3 cm³/mol. The van der Waals surface area contributed by atoms with Crippen LogP contribution >= 0.6 is 0 Å². The minimum Gasteiger partial charge on any atom is -0.465 e. The van der Waals surface area contributed by atoms with E-state index in [1.807, 2.05) is 37.3 Å². The molecule has 1 unspecified atom stereocenters. The summed E-state index contributed by atoms with van der Waals surface area (Å²) in [6, 6.07) is 9.99. The van der Waals surface area contributed by atoms with Crippen molar-refractivity contribution in [1.82, 2.24) is 4.90 Å². The summed E-state index contributed by atoms with van der Waals surface area (Å²) in [7, 11) is 0. The second-order valence-corrected chi connectivity index (χ2v) is 4.03. The second-order valence-electron chi connectivity index (χ2n) is 4.03. The normalized spacial score (nSPS) is 24.8. The van der Waals surface area contributed by atoms with Gasteiger partial charge in [-0.05, 0) is 18.9 Å². The van der Waals surface area contributed by atoms with E-state index in [-0.39, 0.29) is 5.54 Å². The molecule has 0 spiro atoms. The number of hydrogen-bond acceptors (Lipinski definition) is 1. The van der Waals surface area contributed by atoms with Crippen LogP contribution in [0.25, 0.3) is 0 Å². The molecule has 3 nitrogen and oxygen atoms in total. The average molecular weight is 191 g/mol. The van der Waals surface area contributed by atoms with Gasteiger partial charge in [-0.2, -0.15) is 0 Å². The van der Waals surface area contributed by atoms with Crippen molar-refractivity contribution in [2.24, 2.45) is 0 Å². The average Bonchev–Trinajstić information content (AvgIpc) is 2.79. The third-order valence-electron chi connectivity index (χ3n) is 2.71. The Morgan fingerprint density at radius 3 is 2.64 bits per heavy atom. The topological polar surface area (TPSA) is 40.3 Å². The maximum Gasteiger partial charge on any atom is 0.407 e. The molecule has 74 valence electrons. The first-order chi connectivity index (χ1) is 6.62. The molecule has 0 bridgehead atoms. The Hall–Kier alpha value is -1.51. The molecule has 1 aliphatic rings. The van der Waals surface area contributed by atoms with Gasteiger partial charge < -0.3 is 5.11 Å². The molecular weight excluding hydrogens is 178 g/mol. The lowest BCUT2D eigenvalue weighted by Crippen LogP contribution is -2.21.